The van der Waals surface area contributed by atoms with E-state index in [1.54, 1.807) is 18.2 Å². The van der Waals surface area contributed by atoms with E-state index in [9.17, 15) is 4.79 Å². The Morgan fingerprint density at radius 3 is 2.45 bits per heavy atom. The molecular formula is C24H30ClIN4O. The number of amides is 1. The number of nitrogens with two attached hydrogens (primary N) is 1. The van der Waals surface area contributed by atoms with Crippen LogP contribution >= 0.6 is 34.2 Å². The summed E-state index contributed by atoms with van der Waals surface area (Å²) in [6, 6.07) is 15.1. The second-order valence-electron chi connectivity index (χ2n) is 8.67. The normalized spacial score (nSPS) is 21.4. The second-order valence-corrected chi connectivity index (χ2v) is 10.3. The summed E-state index contributed by atoms with van der Waals surface area (Å²) >= 11 is 8.60. The molecule has 2 heterocycles. The fourth-order valence-corrected chi connectivity index (χ4v) is 5.40. The van der Waals surface area contributed by atoms with Crippen molar-refractivity contribution in [3.8, 4) is 0 Å². The van der Waals surface area contributed by atoms with Gasteiger partial charge in [-0.3, -0.25) is 14.6 Å². The molecule has 0 aliphatic carbocycles. The molecule has 0 unspecified atom stereocenters. The SMILES string of the molecule is C[C@H]1CN(C2CCN(C(=O)c3c(N)cccc3Cl)CC2)CCN1Cc1ccc(I)cc1. The molecule has 4 rings (SSSR count). The van der Waals surface area contributed by atoms with Crippen LogP contribution in [0.5, 0.6) is 0 Å². The molecule has 2 aromatic rings. The van der Waals surface area contributed by atoms with Crippen LogP contribution in [0.4, 0.5) is 5.69 Å². The lowest BCUT2D eigenvalue weighted by atomic mass is 9.99. The number of carbonyl (C=O) groups excluding carboxylic acids is 1. The summed E-state index contributed by atoms with van der Waals surface area (Å²) in [6.45, 7) is 8.11. The van der Waals surface area contributed by atoms with E-state index in [0.29, 0.717) is 28.4 Å². The van der Waals surface area contributed by atoms with Gasteiger partial charge in [0.15, 0.2) is 0 Å². The van der Waals surface area contributed by atoms with Crippen LogP contribution < -0.4 is 5.73 Å². The molecule has 0 radical (unpaired) electrons. The summed E-state index contributed by atoms with van der Waals surface area (Å²) in [7, 11) is 0. The van der Waals surface area contributed by atoms with Crippen molar-refractivity contribution in [3.63, 3.8) is 0 Å². The van der Waals surface area contributed by atoms with Gasteiger partial charge in [-0.05, 0) is 72.2 Å². The maximum Gasteiger partial charge on any atom is 0.257 e. The van der Waals surface area contributed by atoms with Gasteiger partial charge in [0.05, 0.1) is 10.6 Å². The molecule has 0 bridgehead atoms. The summed E-state index contributed by atoms with van der Waals surface area (Å²) < 4.78 is 1.28. The van der Waals surface area contributed by atoms with E-state index in [4.69, 9.17) is 17.3 Å². The third-order valence-corrected chi connectivity index (χ3v) is 7.66. The summed E-state index contributed by atoms with van der Waals surface area (Å²) in [5.74, 6) is -0.0442. The number of likely N-dealkylation sites (tertiary alicyclic amines) is 1. The zero-order valence-electron chi connectivity index (χ0n) is 17.9. The molecule has 2 fully saturated rings. The molecule has 31 heavy (non-hydrogen) atoms. The maximum absolute atomic E-state index is 13.0. The van der Waals surface area contributed by atoms with E-state index in [-0.39, 0.29) is 5.91 Å². The zero-order valence-corrected chi connectivity index (χ0v) is 20.8. The molecule has 7 heteroatoms. The van der Waals surface area contributed by atoms with Gasteiger partial charge in [0.2, 0.25) is 0 Å². The highest BCUT2D eigenvalue weighted by Crippen LogP contribution is 2.27. The first-order valence-electron chi connectivity index (χ1n) is 11.0. The van der Waals surface area contributed by atoms with Gasteiger partial charge >= 0.3 is 0 Å². The Bertz CT molecular complexity index is 894. The average Bonchev–Trinajstić information content (AvgIpc) is 2.76. The molecule has 2 N–H and O–H groups in total. The summed E-state index contributed by atoms with van der Waals surface area (Å²) in [6.07, 6.45) is 2.00. The third-order valence-electron chi connectivity index (χ3n) is 6.62. The minimum atomic E-state index is -0.0442. The summed E-state index contributed by atoms with van der Waals surface area (Å²) in [5, 5.41) is 0.435. The Kier molecular flexibility index (Phi) is 7.41. The predicted molar refractivity (Wildman–Crippen MR) is 135 cm³/mol. The van der Waals surface area contributed by atoms with Gasteiger partial charge < -0.3 is 10.6 Å². The Morgan fingerprint density at radius 1 is 1.10 bits per heavy atom. The Morgan fingerprint density at radius 2 is 1.81 bits per heavy atom. The van der Waals surface area contributed by atoms with Crippen molar-refractivity contribution in [2.75, 3.05) is 38.5 Å². The van der Waals surface area contributed by atoms with Gasteiger partial charge in [-0.25, -0.2) is 0 Å². The van der Waals surface area contributed by atoms with Crippen LogP contribution in [-0.2, 0) is 6.54 Å². The second kappa shape index (κ2) is 10.1. The maximum atomic E-state index is 13.0. The molecular weight excluding hydrogens is 523 g/mol. The predicted octanol–water partition coefficient (Wildman–Crippen LogP) is 4.34. The van der Waals surface area contributed by atoms with Gasteiger partial charge in [-0.15, -0.1) is 0 Å². The quantitative estimate of drug-likeness (QED) is 0.453. The van der Waals surface area contributed by atoms with Crippen molar-refractivity contribution in [2.45, 2.75) is 38.4 Å². The molecule has 166 valence electrons. The number of rotatable bonds is 4. The van der Waals surface area contributed by atoms with Gasteiger partial charge in [0.25, 0.3) is 5.91 Å². The molecule has 0 saturated carbocycles. The van der Waals surface area contributed by atoms with Crippen molar-refractivity contribution in [1.29, 1.82) is 0 Å². The molecule has 2 aliphatic rings. The number of hydrogen-bond donors (Lipinski definition) is 1. The monoisotopic (exact) mass is 552 g/mol. The molecule has 0 aromatic heterocycles. The van der Waals surface area contributed by atoms with E-state index in [1.807, 2.05) is 4.90 Å². The molecule has 1 amide bonds. The minimum absolute atomic E-state index is 0.0442. The fraction of sp³-hybridized carbons (Fsp3) is 0.458. The van der Waals surface area contributed by atoms with E-state index in [1.165, 1.54) is 9.13 Å². The van der Waals surface area contributed by atoms with Crippen LogP contribution in [-0.4, -0.2) is 65.4 Å². The van der Waals surface area contributed by atoms with Crippen molar-refractivity contribution >= 4 is 45.8 Å². The molecule has 0 spiro atoms. The smallest absolute Gasteiger partial charge is 0.257 e. The third kappa shape index (κ3) is 5.35. The van der Waals surface area contributed by atoms with Crippen molar-refractivity contribution in [2.24, 2.45) is 0 Å². The lowest BCUT2D eigenvalue weighted by molar-refractivity contribution is 0.0259. The number of hydrogen-bond acceptors (Lipinski definition) is 4. The van der Waals surface area contributed by atoms with Crippen LogP contribution in [0.1, 0.15) is 35.7 Å². The molecule has 1 atom stereocenters. The number of halogens is 2. The van der Waals surface area contributed by atoms with E-state index < -0.39 is 0 Å². The van der Waals surface area contributed by atoms with Gasteiger partial charge in [-0.2, -0.15) is 0 Å². The first kappa shape index (κ1) is 22.8. The Balaban J connectivity index is 1.30. The van der Waals surface area contributed by atoms with Crippen molar-refractivity contribution < 1.29 is 4.79 Å². The molecule has 2 saturated heterocycles. The number of piperazine rings is 1. The van der Waals surface area contributed by atoms with Gasteiger partial charge in [-0.1, -0.05) is 29.8 Å². The number of carbonyl (C=O) groups is 1. The van der Waals surface area contributed by atoms with Crippen LogP contribution in [0.25, 0.3) is 0 Å². The fourth-order valence-electron chi connectivity index (χ4n) is 4.77. The lowest BCUT2D eigenvalue weighted by Gasteiger charge is -2.45. The number of nitrogens with zero attached hydrogens (tertiary/aromatic N) is 3. The largest absolute Gasteiger partial charge is 0.398 e. The van der Waals surface area contributed by atoms with Crippen LogP contribution in [0.2, 0.25) is 5.02 Å². The topological polar surface area (TPSA) is 52.8 Å². The van der Waals surface area contributed by atoms with E-state index in [2.05, 4.69) is 63.6 Å². The molecule has 5 nitrogen and oxygen atoms in total. The summed E-state index contributed by atoms with van der Waals surface area (Å²) in [4.78, 5) is 20.1. The summed E-state index contributed by atoms with van der Waals surface area (Å²) in [5.41, 5.74) is 8.30. The Hall–Kier alpha value is -1.35. The number of anilines is 1. The molecule has 2 aliphatic heterocycles. The molecule has 2 aromatic carbocycles. The number of benzene rings is 2. The van der Waals surface area contributed by atoms with Crippen LogP contribution in [0, 0.1) is 3.57 Å². The lowest BCUT2D eigenvalue weighted by Crippen LogP contribution is -2.56. The zero-order chi connectivity index (χ0) is 22.0. The minimum Gasteiger partial charge on any atom is -0.398 e. The van der Waals surface area contributed by atoms with Crippen molar-refractivity contribution in [3.05, 3.63) is 62.2 Å². The van der Waals surface area contributed by atoms with E-state index in [0.717, 1.165) is 52.1 Å². The number of nitrogen functional groups attached to an aromatic ring is 1. The Labute approximate surface area is 203 Å². The highest BCUT2D eigenvalue weighted by atomic mass is 127. The van der Waals surface area contributed by atoms with Crippen molar-refractivity contribution in [1.82, 2.24) is 14.7 Å². The average molecular weight is 553 g/mol. The van der Waals surface area contributed by atoms with Crippen LogP contribution in [0.3, 0.4) is 0 Å². The van der Waals surface area contributed by atoms with Gasteiger partial charge in [0, 0.05) is 60.6 Å². The van der Waals surface area contributed by atoms with Gasteiger partial charge in [0.1, 0.15) is 0 Å². The van der Waals surface area contributed by atoms with E-state index >= 15 is 0 Å². The first-order valence-corrected chi connectivity index (χ1v) is 12.4. The number of piperidine rings is 1. The highest BCUT2D eigenvalue weighted by molar-refractivity contribution is 14.1. The van der Waals surface area contributed by atoms with Crippen LogP contribution in [0.15, 0.2) is 42.5 Å². The first-order chi connectivity index (χ1) is 14.9. The highest BCUT2D eigenvalue weighted by Gasteiger charge is 2.32. The standard InChI is InChI=1S/C24H30ClIN4O/c1-17-15-30(14-13-29(17)16-18-5-7-19(26)8-6-18)20-9-11-28(12-10-20)24(31)23-21(25)3-2-4-22(23)27/h2-8,17,20H,9-16,27H2,1H3/t17-/m0/s1.